The molecule has 2 amide bonds. The van der Waals surface area contributed by atoms with Crippen molar-refractivity contribution in [3.05, 3.63) is 45.2 Å². The van der Waals surface area contributed by atoms with Gasteiger partial charge >= 0.3 is 0 Å². The molecule has 6 nitrogen and oxygen atoms in total. The van der Waals surface area contributed by atoms with Gasteiger partial charge in [-0.1, -0.05) is 26.0 Å². The van der Waals surface area contributed by atoms with E-state index in [1.54, 1.807) is 0 Å². The number of anilines is 2. The maximum atomic E-state index is 12.6. The molecular formula is C20H22N4O2S2. The first-order chi connectivity index (χ1) is 13.3. The van der Waals surface area contributed by atoms with Gasteiger partial charge in [0.1, 0.15) is 4.88 Å². The molecule has 1 aromatic carbocycles. The van der Waals surface area contributed by atoms with Gasteiger partial charge in [-0.15, -0.1) is 22.7 Å². The number of aromatic nitrogens is 2. The predicted octanol–water partition coefficient (Wildman–Crippen LogP) is 4.98. The summed E-state index contributed by atoms with van der Waals surface area (Å²) in [5.41, 5.74) is 3.18. The molecule has 0 aliphatic heterocycles. The fraction of sp³-hybridized carbons (Fsp3) is 0.300. The van der Waals surface area contributed by atoms with Gasteiger partial charge in [-0.3, -0.25) is 14.9 Å². The van der Waals surface area contributed by atoms with E-state index in [-0.39, 0.29) is 11.8 Å². The lowest BCUT2D eigenvalue weighted by Crippen LogP contribution is -2.11. The summed E-state index contributed by atoms with van der Waals surface area (Å²) in [6.45, 7) is 7.60. The zero-order valence-corrected chi connectivity index (χ0v) is 17.8. The molecule has 2 heterocycles. The summed E-state index contributed by atoms with van der Waals surface area (Å²) in [6.07, 6.45) is 0.870. The van der Waals surface area contributed by atoms with Crippen LogP contribution in [-0.4, -0.2) is 21.8 Å². The molecule has 3 rings (SSSR count). The van der Waals surface area contributed by atoms with Gasteiger partial charge in [-0.2, -0.15) is 0 Å². The van der Waals surface area contributed by atoms with E-state index in [2.05, 4.69) is 34.4 Å². The minimum Gasteiger partial charge on any atom is -0.326 e. The van der Waals surface area contributed by atoms with Gasteiger partial charge in [-0.25, -0.2) is 9.97 Å². The fourth-order valence-electron chi connectivity index (χ4n) is 2.64. The molecule has 0 spiro atoms. The second-order valence-corrected chi connectivity index (χ2v) is 8.81. The Balaban J connectivity index is 1.70. The van der Waals surface area contributed by atoms with Gasteiger partial charge in [0, 0.05) is 30.0 Å². The lowest BCUT2D eigenvalue weighted by atomic mass is 10.1. The highest BCUT2D eigenvalue weighted by atomic mass is 32.1. The van der Waals surface area contributed by atoms with Crippen molar-refractivity contribution in [2.24, 2.45) is 5.92 Å². The van der Waals surface area contributed by atoms with Crippen molar-refractivity contribution < 1.29 is 9.59 Å². The summed E-state index contributed by atoms with van der Waals surface area (Å²) < 4.78 is 0. The molecule has 146 valence electrons. The van der Waals surface area contributed by atoms with E-state index in [0.29, 0.717) is 15.9 Å². The molecule has 0 fully saturated rings. The van der Waals surface area contributed by atoms with Crippen molar-refractivity contribution in [2.75, 3.05) is 10.6 Å². The molecule has 0 aliphatic rings. The molecule has 2 N–H and O–H groups in total. The zero-order valence-electron chi connectivity index (χ0n) is 16.2. The van der Waals surface area contributed by atoms with Gasteiger partial charge in [0.05, 0.1) is 16.4 Å². The van der Waals surface area contributed by atoms with Crippen LogP contribution in [-0.2, 0) is 11.2 Å². The molecule has 2 aromatic heterocycles. The summed E-state index contributed by atoms with van der Waals surface area (Å²) in [6, 6.07) is 7.42. The number of aryl methyl sites for hydroxylation is 1. The second kappa shape index (κ2) is 8.62. The first kappa shape index (κ1) is 20.2. The van der Waals surface area contributed by atoms with Crippen LogP contribution in [0.1, 0.15) is 41.1 Å². The molecule has 0 radical (unpaired) electrons. The Hall–Kier alpha value is -2.58. The number of nitrogens with one attached hydrogen (secondary N) is 2. The Kier molecular flexibility index (Phi) is 6.21. The smallest absolute Gasteiger partial charge is 0.269 e. The number of amides is 2. The fourth-order valence-corrected chi connectivity index (χ4v) is 4.53. The molecule has 0 bridgehead atoms. The summed E-state index contributed by atoms with van der Waals surface area (Å²) >= 11 is 2.82. The number of hydrogen-bond donors (Lipinski definition) is 2. The van der Waals surface area contributed by atoms with Gasteiger partial charge in [0.25, 0.3) is 5.91 Å². The molecule has 3 aromatic rings. The van der Waals surface area contributed by atoms with Gasteiger partial charge in [0.15, 0.2) is 5.13 Å². The molecule has 28 heavy (non-hydrogen) atoms. The van der Waals surface area contributed by atoms with Gasteiger partial charge in [0.2, 0.25) is 5.91 Å². The largest absolute Gasteiger partial charge is 0.326 e. The number of rotatable bonds is 6. The first-order valence-corrected chi connectivity index (χ1v) is 10.6. The number of thiazole rings is 2. The number of carbonyl (C=O) groups is 2. The van der Waals surface area contributed by atoms with Crippen molar-refractivity contribution in [3.8, 4) is 11.3 Å². The van der Waals surface area contributed by atoms with Crippen LogP contribution in [0.25, 0.3) is 11.3 Å². The van der Waals surface area contributed by atoms with Crippen LogP contribution in [0, 0.1) is 12.8 Å². The normalized spacial score (nSPS) is 10.9. The quantitative estimate of drug-likeness (QED) is 0.595. The Bertz CT molecular complexity index is 990. The Morgan fingerprint density at radius 2 is 1.82 bits per heavy atom. The summed E-state index contributed by atoms with van der Waals surface area (Å²) in [4.78, 5) is 33.4. The van der Waals surface area contributed by atoms with Gasteiger partial charge < -0.3 is 5.32 Å². The Labute approximate surface area is 172 Å². The lowest BCUT2D eigenvalue weighted by Gasteiger charge is -2.03. The van der Waals surface area contributed by atoms with Crippen LogP contribution in [0.15, 0.2) is 29.6 Å². The maximum Gasteiger partial charge on any atom is 0.269 e. The number of hydrogen-bond acceptors (Lipinski definition) is 6. The van der Waals surface area contributed by atoms with Crippen molar-refractivity contribution in [1.82, 2.24) is 9.97 Å². The average Bonchev–Trinajstić information content (AvgIpc) is 3.21. The topological polar surface area (TPSA) is 84.0 Å². The van der Waals surface area contributed by atoms with E-state index in [0.717, 1.165) is 34.1 Å². The Morgan fingerprint density at radius 1 is 1.11 bits per heavy atom. The zero-order chi connectivity index (χ0) is 20.3. The molecule has 0 atom stereocenters. The van der Waals surface area contributed by atoms with E-state index in [1.165, 1.54) is 29.6 Å². The van der Waals surface area contributed by atoms with Crippen LogP contribution < -0.4 is 10.6 Å². The van der Waals surface area contributed by atoms with E-state index < -0.39 is 0 Å². The van der Waals surface area contributed by atoms with Crippen LogP contribution in [0.3, 0.4) is 0 Å². The number of benzene rings is 1. The van der Waals surface area contributed by atoms with Crippen molar-refractivity contribution >= 4 is 45.3 Å². The van der Waals surface area contributed by atoms with Crippen molar-refractivity contribution in [1.29, 1.82) is 0 Å². The van der Waals surface area contributed by atoms with Crippen molar-refractivity contribution in [2.45, 2.75) is 34.1 Å². The minimum absolute atomic E-state index is 0.110. The van der Waals surface area contributed by atoms with E-state index in [4.69, 9.17) is 0 Å². The maximum absolute atomic E-state index is 12.6. The third-order valence-corrected chi connectivity index (χ3v) is 5.79. The SMILES string of the molecule is CC(=O)Nc1ccc(-c2csc(NC(=O)c3sc(CC(C)C)nc3C)n2)cc1. The third kappa shape index (κ3) is 5.02. The molecule has 0 saturated heterocycles. The van der Waals surface area contributed by atoms with Crippen LogP contribution in [0.4, 0.5) is 10.8 Å². The highest BCUT2D eigenvalue weighted by molar-refractivity contribution is 7.15. The van der Waals surface area contributed by atoms with Crippen LogP contribution in [0.2, 0.25) is 0 Å². The van der Waals surface area contributed by atoms with E-state index in [9.17, 15) is 9.59 Å². The molecule has 0 saturated carbocycles. The standard InChI is InChI=1S/C20H22N4O2S2/c1-11(2)9-17-21-12(3)18(28-17)19(26)24-20-23-16(10-27-20)14-5-7-15(8-6-14)22-13(4)25/h5-8,10-11H,9H2,1-4H3,(H,22,25)(H,23,24,26). The van der Waals surface area contributed by atoms with Crippen LogP contribution in [0.5, 0.6) is 0 Å². The van der Waals surface area contributed by atoms with E-state index in [1.807, 2.05) is 36.6 Å². The molecule has 0 unspecified atom stereocenters. The summed E-state index contributed by atoms with van der Waals surface area (Å²) in [7, 11) is 0. The first-order valence-electron chi connectivity index (χ1n) is 8.93. The highest BCUT2D eigenvalue weighted by Crippen LogP contribution is 2.27. The third-order valence-electron chi connectivity index (χ3n) is 3.86. The highest BCUT2D eigenvalue weighted by Gasteiger charge is 2.17. The lowest BCUT2D eigenvalue weighted by molar-refractivity contribution is -0.114. The second-order valence-electron chi connectivity index (χ2n) is 6.87. The monoisotopic (exact) mass is 414 g/mol. The summed E-state index contributed by atoms with van der Waals surface area (Å²) in [5, 5.41) is 9.03. The predicted molar refractivity (Wildman–Crippen MR) is 115 cm³/mol. The van der Waals surface area contributed by atoms with E-state index >= 15 is 0 Å². The average molecular weight is 415 g/mol. The number of nitrogens with zero attached hydrogens (tertiary/aromatic N) is 2. The molecule has 0 aliphatic carbocycles. The summed E-state index contributed by atoms with van der Waals surface area (Å²) in [5.74, 6) is 0.216. The number of carbonyl (C=O) groups excluding carboxylic acids is 2. The van der Waals surface area contributed by atoms with Crippen LogP contribution >= 0.6 is 22.7 Å². The molecule has 8 heteroatoms. The molecular weight excluding hydrogens is 392 g/mol. The van der Waals surface area contributed by atoms with Gasteiger partial charge in [-0.05, 0) is 25.0 Å². The van der Waals surface area contributed by atoms with Crippen molar-refractivity contribution in [3.63, 3.8) is 0 Å². The minimum atomic E-state index is -0.174. The Morgan fingerprint density at radius 3 is 2.46 bits per heavy atom.